The predicted octanol–water partition coefficient (Wildman–Crippen LogP) is 14.0. The Balaban J connectivity index is 1.07. The SMILES string of the molecule is Cc1ccc(-c2cc(-c3ccc(C)cc3)nc(-n3c4ccccc4c4ccc(-c5cccc(-c6ccc7c8ccccc8n(-c8ccccc8)c7c6)c5)cc43)n2)cc1. The number of aromatic nitrogens is 4. The molecule has 0 amide bonds. The van der Waals surface area contributed by atoms with Crippen LogP contribution in [0.4, 0.5) is 0 Å². The van der Waals surface area contributed by atoms with Gasteiger partial charge in [-0.05, 0) is 84.6 Å². The largest absolute Gasteiger partial charge is 0.309 e. The van der Waals surface area contributed by atoms with E-state index in [9.17, 15) is 0 Å². The molecule has 0 saturated carbocycles. The minimum Gasteiger partial charge on any atom is -0.309 e. The van der Waals surface area contributed by atoms with Crippen LogP contribution in [0.5, 0.6) is 0 Å². The van der Waals surface area contributed by atoms with Crippen molar-refractivity contribution in [3.8, 4) is 56.4 Å². The summed E-state index contributed by atoms with van der Waals surface area (Å²) in [6.45, 7) is 4.23. The van der Waals surface area contributed by atoms with Crippen LogP contribution in [0.1, 0.15) is 11.1 Å². The van der Waals surface area contributed by atoms with Crippen LogP contribution in [-0.4, -0.2) is 19.1 Å². The molecule has 58 heavy (non-hydrogen) atoms. The lowest BCUT2D eigenvalue weighted by Gasteiger charge is -2.13. The van der Waals surface area contributed by atoms with Crippen LogP contribution in [0.25, 0.3) is 100 Å². The average molecular weight is 743 g/mol. The Morgan fingerprint density at radius 3 is 1.29 bits per heavy atom. The van der Waals surface area contributed by atoms with E-state index < -0.39 is 0 Å². The Morgan fingerprint density at radius 2 is 0.741 bits per heavy atom. The fourth-order valence-corrected chi connectivity index (χ4v) is 8.53. The Bertz CT molecular complexity index is 3270. The van der Waals surface area contributed by atoms with E-state index in [2.05, 4.69) is 217 Å². The molecule has 274 valence electrons. The summed E-state index contributed by atoms with van der Waals surface area (Å²) in [5.74, 6) is 0.646. The van der Waals surface area contributed by atoms with E-state index in [0.717, 1.165) is 55.7 Å². The van der Waals surface area contributed by atoms with Crippen LogP contribution in [-0.2, 0) is 0 Å². The molecule has 11 aromatic rings. The predicted molar refractivity (Wildman–Crippen MR) is 242 cm³/mol. The monoisotopic (exact) mass is 742 g/mol. The van der Waals surface area contributed by atoms with E-state index in [-0.39, 0.29) is 0 Å². The van der Waals surface area contributed by atoms with Crippen molar-refractivity contribution in [1.29, 1.82) is 0 Å². The van der Waals surface area contributed by atoms with Crippen molar-refractivity contribution in [3.63, 3.8) is 0 Å². The zero-order valence-corrected chi connectivity index (χ0v) is 32.3. The van der Waals surface area contributed by atoms with E-state index in [1.54, 1.807) is 0 Å². The molecule has 0 radical (unpaired) electrons. The fourth-order valence-electron chi connectivity index (χ4n) is 8.53. The third kappa shape index (κ3) is 5.69. The van der Waals surface area contributed by atoms with Gasteiger partial charge in [0, 0.05) is 38.4 Å². The Hall–Kier alpha value is -7.56. The number of fused-ring (bicyclic) bond motifs is 6. The highest BCUT2D eigenvalue weighted by molar-refractivity contribution is 6.11. The van der Waals surface area contributed by atoms with Crippen LogP contribution in [0, 0.1) is 13.8 Å². The molecule has 0 aliphatic rings. The Morgan fingerprint density at radius 1 is 0.310 bits per heavy atom. The molecule has 0 saturated heterocycles. The molecule has 0 atom stereocenters. The van der Waals surface area contributed by atoms with E-state index >= 15 is 0 Å². The van der Waals surface area contributed by atoms with Crippen LogP contribution in [0.2, 0.25) is 0 Å². The molecule has 0 aliphatic carbocycles. The highest BCUT2D eigenvalue weighted by atomic mass is 15.2. The molecule has 3 aromatic heterocycles. The molecule has 8 aromatic carbocycles. The zero-order valence-electron chi connectivity index (χ0n) is 32.3. The molecule has 0 bridgehead atoms. The second-order valence-electron chi connectivity index (χ2n) is 15.3. The van der Waals surface area contributed by atoms with E-state index in [0.29, 0.717) is 5.95 Å². The van der Waals surface area contributed by atoms with Gasteiger partial charge >= 0.3 is 0 Å². The lowest BCUT2D eigenvalue weighted by atomic mass is 9.97. The Labute approximate surface area is 337 Å². The number of aryl methyl sites for hydroxylation is 2. The molecule has 0 spiro atoms. The number of hydrogen-bond donors (Lipinski definition) is 0. The molecule has 11 rings (SSSR count). The van der Waals surface area contributed by atoms with Gasteiger partial charge in [0.15, 0.2) is 0 Å². The molecule has 3 heterocycles. The van der Waals surface area contributed by atoms with Crippen molar-refractivity contribution in [1.82, 2.24) is 19.1 Å². The summed E-state index contributed by atoms with van der Waals surface area (Å²) < 4.78 is 4.62. The molecule has 0 aliphatic heterocycles. The van der Waals surface area contributed by atoms with Gasteiger partial charge in [0.2, 0.25) is 5.95 Å². The van der Waals surface area contributed by atoms with Gasteiger partial charge in [-0.25, -0.2) is 9.97 Å². The zero-order chi connectivity index (χ0) is 38.7. The second kappa shape index (κ2) is 13.6. The van der Waals surface area contributed by atoms with Crippen molar-refractivity contribution in [3.05, 3.63) is 205 Å². The smallest absolute Gasteiger partial charge is 0.235 e. The van der Waals surface area contributed by atoms with Crippen molar-refractivity contribution < 1.29 is 0 Å². The van der Waals surface area contributed by atoms with Gasteiger partial charge in [-0.2, -0.15) is 0 Å². The molecular weight excluding hydrogens is 705 g/mol. The number of hydrogen-bond acceptors (Lipinski definition) is 2. The highest BCUT2D eigenvalue weighted by Crippen LogP contribution is 2.38. The topological polar surface area (TPSA) is 35.6 Å². The van der Waals surface area contributed by atoms with Gasteiger partial charge in [-0.15, -0.1) is 0 Å². The van der Waals surface area contributed by atoms with Crippen molar-refractivity contribution in [2.75, 3.05) is 0 Å². The van der Waals surface area contributed by atoms with Gasteiger partial charge in [0.1, 0.15) is 0 Å². The third-order valence-electron chi connectivity index (χ3n) is 11.5. The number of nitrogens with zero attached hydrogens (tertiary/aromatic N) is 4. The lowest BCUT2D eigenvalue weighted by molar-refractivity contribution is 0.995. The number of benzene rings is 8. The maximum absolute atomic E-state index is 5.29. The summed E-state index contributed by atoms with van der Waals surface area (Å²) in [6, 6.07) is 69.8. The molecule has 0 fully saturated rings. The first kappa shape index (κ1) is 33.8. The van der Waals surface area contributed by atoms with Crippen LogP contribution in [0.3, 0.4) is 0 Å². The average Bonchev–Trinajstić information content (AvgIpc) is 3.79. The van der Waals surface area contributed by atoms with Crippen molar-refractivity contribution in [2.45, 2.75) is 13.8 Å². The van der Waals surface area contributed by atoms with Crippen LogP contribution < -0.4 is 0 Å². The van der Waals surface area contributed by atoms with E-state index in [1.807, 2.05) is 0 Å². The summed E-state index contributed by atoms with van der Waals surface area (Å²) in [5, 5.41) is 4.83. The Kier molecular flexibility index (Phi) is 7.90. The summed E-state index contributed by atoms with van der Waals surface area (Å²) in [5.41, 5.74) is 16.6. The molecule has 0 N–H and O–H groups in total. The first-order valence-electron chi connectivity index (χ1n) is 19.8. The summed E-state index contributed by atoms with van der Waals surface area (Å²) in [6.07, 6.45) is 0. The molecule has 4 heteroatoms. The number of rotatable bonds is 6. The summed E-state index contributed by atoms with van der Waals surface area (Å²) >= 11 is 0. The summed E-state index contributed by atoms with van der Waals surface area (Å²) in [7, 11) is 0. The van der Waals surface area contributed by atoms with Gasteiger partial charge in [0.05, 0.1) is 33.5 Å². The van der Waals surface area contributed by atoms with Gasteiger partial charge in [0.25, 0.3) is 0 Å². The van der Waals surface area contributed by atoms with Gasteiger partial charge < -0.3 is 4.57 Å². The third-order valence-corrected chi connectivity index (χ3v) is 11.5. The minimum atomic E-state index is 0.646. The quantitative estimate of drug-likeness (QED) is 0.170. The first-order chi connectivity index (χ1) is 28.6. The van der Waals surface area contributed by atoms with E-state index in [4.69, 9.17) is 9.97 Å². The summed E-state index contributed by atoms with van der Waals surface area (Å²) in [4.78, 5) is 10.6. The maximum atomic E-state index is 5.29. The van der Waals surface area contributed by atoms with Gasteiger partial charge in [-0.1, -0.05) is 157 Å². The number of para-hydroxylation sites is 3. The lowest BCUT2D eigenvalue weighted by Crippen LogP contribution is -2.04. The maximum Gasteiger partial charge on any atom is 0.235 e. The normalized spacial score (nSPS) is 11.6. The second-order valence-corrected chi connectivity index (χ2v) is 15.3. The minimum absolute atomic E-state index is 0.646. The molecule has 4 nitrogen and oxygen atoms in total. The highest BCUT2D eigenvalue weighted by Gasteiger charge is 2.19. The van der Waals surface area contributed by atoms with Gasteiger partial charge in [-0.3, -0.25) is 4.57 Å². The standard InChI is InChI=1S/C54H38N4/c1-35-19-23-37(24-20-35)48-34-49(38-25-21-36(2)22-26-38)56-54(55-48)58-51-18-9-7-16-45(51)47-30-28-42(33-53(47)58)40-12-10-11-39(31-40)41-27-29-46-44-15-6-8-17-50(44)57(52(46)32-41)43-13-4-3-5-14-43/h3-34H,1-2H3. The molecular formula is C54H38N4. The van der Waals surface area contributed by atoms with Crippen molar-refractivity contribution >= 4 is 43.6 Å². The van der Waals surface area contributed by atoms with E-state index in [1.165, 1.54) is 49.4 Å². The van der Waals surface area contributed by atoms with Crippen molar-refractivity contribution in [2.24, 2.45) is 0 Å². The fraction of sp³-hybridized carbons (Fsp3) is 0.0370. The van der Waals surface area contributed by atoms with Crippen LogP contribution >= 0.6 is 0 Å². The first-order valence-corrected chi connectivity index (χ1v) is 19.8. The molecule has 0 unspecified atom stereocenters. The van der Waals surface area contributed by atoms with Crippen LogP contribution in [0.15, 0.2) is 194 Å².